The van der Waals surface area contributed by atoms with E-state index in [1.807, 2.05) is 36.4 Å². The van der Waals surface area contributed by atoms with Crippen LogP contribution in [0.2, 0.25) is 0 Å². The molecule has 25 heavy (non-hydrogen) atoms. The Hall–Kier alpha value is -3.46. The lowest BCUT2D eigenvalue weighted by molar-refractivity contribution is 0.112. The largest absolute Gasteiger partial charge is 0.435 e. The normalized spacial score (nSPS) is 11.4. The summed E-state index contributed by atoms with van der Waals surface area (Å²) in [5, 5.41) is 4.46. The lowest BCUT2D eigenvalue weighted by Gasteiger charge is -2.04. The fourth-order valence-corrected chi connectivity index (χ4v) is 3.35. The molecule has 3 nitrogen and oxygen atoms in total. The lowest BCUT2D eigenvalue weighted by Crippen LogP contribution is -1.81. The van der Waals surface area contributed by atoms with Gasteiger partial charge in [0.25, 0.3) is 0 Å². The number of fused-ring (bicyclic) bond motifs is 6. The third-order valence-electron chi connectivity index (χ3n) is 4.56. The van der Waals surface area contributed by atoms with Gasteiger partial charge in [-0.15, -0.1) is 0 Å². The highest BCUT2D eigenvalue weighted by Crippen LogP contribution is 2.36. The van der Waals surface area contributed by atoms with Crippen molar-refractivity contribution in [2.75, 3.05) is 0 Å². The van der Waals surface area contributed by atoms with E-state index in [4.69, 9.17) is 9.40 Å². The van der Waals surface area contributed by atoms with Crippen LogP contribution in [-0.2, 0) is 0 Å². The van der Waals surface area contributed by atoms with Crippen molar-refractivity contribution < 1.29 is 9.21 Å². The van der Waals surface area contributed by atoms with Crippen LogP contribution < -0.4 is 0 Å². The van der Waals surface area contributed by atoms with Gasteiger partial charge in [-0.1, -0.05) is 60.7 Å². The van der Waals surface area contributed by atoms with E-state index >= 15 is 0 Å². The van der Waals surface area contributed by atoms with E-state index in [0.717, 1.165) is 39.1 Å². The Kier molecular flexibility index (Phi) is 2.94. The molecule has 5 aromatic rings. The fraction of sp³-hybridized carbons (Fsp3) is 0. The molecule has 0 aliphatic carbocycles. The minimum atomic E-state index is 0.564. The standard InChI is InChI=1S/C22H13NO2/c24-13-14-9-11-15(12-10-14)22-23-20-18-7-3-1-5-16(18)17-6-2-4-8-19(17)21(20)25-22/h1-13H. The number of oxazole rings is 1. The molecular weight excluding hydrogens is 310 g/mol. The molecule has 1 heterocycles. The quantitative estimate of drug-likeness (QED) is 0.313. The number of benzene rings is 4. The van der Waals surface area contributed by atoms with Crippen LogP contribution >= 0.6 is 0 Å². The van der Waals surface area contributed by atoms with E-state index in [-0.39, 0.29) is 0 Å². The summed E-state index contributed by atoms with van der Waals surface area (Å²) in [6.07, 6.45) is 0.830. The van der Waals surface area contributed by atoms with E-state index in [0.29, 0.717) is 11.5 Å². The topological polar surface area (TPSA) is 43.1 Å². The van der Waals surface area contributed by atoms with Crippen LogP contribution in [0, 0.1) is 0 Å². The maximum atomic E-state index is 10.8. The third kappa shape index (κ3) is 2.06. The summed E-state index contributed by atoms with van der Waals surface area (Å²) >= 11 is 0. The highest BCUT2D eigenvalue weighted by molar-refractivity contribution is 6.22. The zero-order chi connectivity index (χ0) is 16.8. The van der Waals surface area contributed by atoms with Crippen LogP contribution in [-0.4, -0.2) is 11.3 Å². The zero-order valence-corrected chi connectivity index (χ0v) is 13.3. The number of carbonyl (C=O) groups is 1. The predicted molar refractivity (Wildman–Crippen MR) is 99.8 cm³/mol. The van der Waals surface area contributed by atoms with Gasteiger partial charge in [0.1, 0.15) is 11.8 Å². The van der Waals surface area contributed by atoms with Crippen molar-refractivity contribution >= 4 is 38.9 Å². The molecule has 0 fully saturated rings. The molecule has 118 valence electrons. The minimum Gasteiger partial charge on any atom is -0.435 e. The van der Waals surface area contributed by atoms with Gasteiger partial charge in [0.2, 0.25) is 5.89 Å². The van der Waals surface area contributed by atoms with Crippen LogP contribution in [0.5, 0.6) is 0 Å². The number of hydrogen-bond acceptors (Lipinski definition) is 3. The van der Waals surface area contributed by atoms with Gasteiger partial charge >= 0.3 is 0 Å². The number of aldehydes is 1. The number of aromatic nitrogens is 1. The molecule has 0 bridgehead atoms. The SMILES string of the molecule is O=Cc1ccc(-c2nc3c4ccccc4c4ccccc4c3o2)cc1. The van der Waals surface area contributed by atoms with Gasteiger partial charge < -0.3 is 4.42 Å². The summed E-state index contributed by atoms with van der Waals surface area (Å²) in [4.78, 5) is 15.6. The van der Waals surface area contributed by atoms with Crippen molar-refractivity contribution in [3.63, 3.8) is 0 Å². The number of hydrogen-bond donors (Lipinski definition) is 0. The third-order valence-corrected chi connectivity index (χ3v) is 4.56. The molecule has 0 atom stereocenters. The second kappa shape index (κ2) is 5.28. The Labute approximate surface area is 143 Å². The smallest absolute Gasteiger partial charge is 0.227 e. The van der Waals surface area contributed by atoms with Crippen molar-refractivity contribution in [1.29, 1.82) is 0 Å². The van der Waals surface area contributed by atoms with E-state index in [1.54, 1.807) is 12.1 Å². The van der Waals surface area contributed by atoms with Gasteiger partial charge in [-0.2, -0.15) is 0 Å². The first-order valence-corrected chi connectivity index (χ1v) is 8.11. The number of carbonyl (C=O) groups excluding carboxylic acids is 1. The molecule has 5 rings (SSSR count). The molecule has 0 saturated carbocycles. The summed E-state index contributed by atoms with van der Waals surface area (Å²) < 4.78 is 6.15. The van der Waals surface area contributed by atoms with E-state index in [2.05, 4.69) is 24.3 Å². The van der Waals surface area contributed by atoms with Gasteiger partial charge in [0.05, 0.1) is 0 Å². The van der Waals surface area contributed by atoms with Crippen molar-refractivity contribution in [2.45, 2.75) is 0 Å². The molecule has 0 aliphatic heterocycles. The first-order valence-electron chi connectivity index (χ1n) is 8.11. The molecular formula is C22H13NO2. The summed E-state index contributed by atoms with van der Waals surface area (Å²) in [5.41, 5.74) is 3.15. The molecule has 0 spiro atoms. The Balaban J connectivity index is 1.88. The molecule has 0 saturated heterocycles. The van der Waals surface area contributed by atoms with Crippen molar-refractivity contribution in [3.8, 4) is 11.5 Å². The lowest BCUT2D eigenvalue weighted by atomic mass is 10.0. The summed E-state index contributed by atoms with van der Waals surface area (Å²) in [5.74, 6) is 0.564. The van der Waals surface area contributed by atoms with Gasteiger partial charge in [-0.05, 0) is 22.9 Å². The number of rotatable bonds is 2. The monoisotopic (exact) mass is 323 g/mol. The van der Waals surface area contributed by atoms with Crippen molar-refractivity contribution in [3.05, 3.63) is 78.4 Å². The van der Waals surface area contributed by atoms with Crippen LogP contribution in [0.15, 0.2) is 77.2 Å². The van der Waals surface area contributed by atoms with Gasteiger partial charge in [0.15, 0.2) is 5.58 Å². The average Bonchev–Trinajstić information content (AvgIpc) is 3.14. The van der Waals surface area contributed by atoms with Crippen LogP contribution in [0.3, 0.4) is 0 Å². The molecule has 0 unspecified atom stereocenters. The fourth-order valence-electron chi connectivity index (χ4n) is 3.35. The molecule has 0 aliphatic rings. The van der Waals surface area contributed by atoms with E-state index < -0.39 is 0 Å². The molecule has 4 aromatic carbocycles. The summed E-state index contributed by atoms with van der Waals surface area (Å²) in [6.45, 7) is 0. The molecule has 1 aromatic heterocycles. The summed E-state index contributed by atoms with van der Waals surface area (Å²) in [7, 11) is 0. The Bertz CT molecular complexity index is 1180. The molecule has 0 radical (unpaired) electrons. The molecule has 3 heteroatoms. The minimum absolute atomic E-state index is 0.564. The van der Waals surface area contributed by atoms with Crippen LogP contribution in [0.1, 0.15) is 10.4 Å². The first-order chi connectivity index (χ1) is 12.3. The highest BCUT2D eigenvalue weighted by atomic mass is 16.3. The van der Waals surface area contributed by atoms with Crippen LogP contribution in [0.4, 0.5) is 0 Å². The predicted octanol–water partition coefficient (Wildman–Crippen LogP) is 5.61. The van der Waals surface area contributed by atoms with Gasteiger partial charge in [-0.3, -0.25) is 4.79 Å². The first kappa shape index (κ1) is 13.9. The molecule has 0 amide bonds. The van der Waals surface area contributed by atoms with E-state index in [9.17, 15) is 4.79 Å². The van der Waals surface area contributed by atoms with Crippen molar-refractivity contribution in [2.24, 2.45) is 0 Å². The summed E-state index contributed by atoms with van der Waals surface area (Å²) in [6, 6.07) is 23.7. The van der Waals surface area contributed by atoms with Gasteiger partial charge in [0, 0.05) is 21.9 Å². The second-order valence-electron chi connectivity index (χ2n) is 6.03. The Morgan fingerprint density at radius 2 is 1.32 bits per heavy atom. The van der Waals surface area contributed by atoms with Crippen molar-refractivity contribution in [1.82, 2.24) is 4.98 Å². The van der Waals surface area contributed by atoms with E-state index in [1.165, 1.54) is 5.39 Å². The maximum Gasteiger partial charge on any atom is 0.227 e. The maximum absolute atomic E-state index is 10.8. The van der Waals surface area contributed by atoms with Crippen LogP contribution in [0.25, 0.3) is 44.1 Å². The zero-order valence-electron chi connectivity index (χ0n) is 13.3. The average molecular weight is 323 g/mol. The Morgan fingerprint density at radius 3 is 2.00 bits per heavy atom. The number of nitrogens with zero attached hydrogens (tertiary/aromatic N) is 1. The Morgan fingerprint density at radius 1 is 0.720 bits per heavy atom. The highest BCUT2D eigenvalue weighted by Gasteiger charge is 2.15. The molecule has 0 N–H and O–H groups in total. The van der Waals surface area contributed by atoms with Gasteiger partial charge in [-0.25, -0.2) is 4.98 Å². The second-order valence-corrected chi connectivity index (χ2v) is 6.03.